The van der Waals surface area contributed by atoms with Gasteiger partial charge in [0.25, 0.3) is 0 Å². The Balaban J connectivity index is 1.72. The van der Waals surface area contributed by atoms with Crippen molar-refractivity contribution in [1.82, 2.24) is 10.2 Å². The van der Waals surface area contributed by atoms with Crippen molar-refractivity contribution < 1.29 is 9.53 Å². The number of hydrogen-bond donors (Lipinski definition) is 1. The fraction of sp³-hybridized carbons (Fsp3) is 0.533. The van der Waals surface area contributed by atoms with Crippen molar-refractivity contribution in [3.63, 3.8) is 0 Å². The van der Waals surface area contributed by atoms with Gasteiger partial charge in [-0.25, -0.2) is 0 Å². The third kappa shape index (κ3) is 4.39. The minimum Gasteiger partial charge on any atom is -0.492 e. The van der Waals surface area contributed by atoms with E-state index in [0.717, 1.165) is 31.7 Å². The molecular weight excluding hydrogens is 276 g/mol. The highest BCUT2D eigenvalue weighted by atomic mass is 35.5. The molecule has 1 amide bonds. The van der Waals surface area contributed by atoms with Gasteiger partial charge in [-0.2, -0.15) is 0 Å². The molecule has 2 rings (SSSR count). The van der Waals surface area contributed by atoms with Gasteiger partial charge in [-0.3, -0.25) is 4.79 Å². The Morgan fingerprint density at radius 3 is 2.85 bits per heavy atom. The Hall–Kier alpha value is -1.26. The summed E-state index contributed by atoms with van der Waals surface area (Å²) in [5.41, 5.74) is 0. The molecule has 1 aliphatic heterocycles. The first-order valence-corrected chi connectivity index (χ1v) is 7.38. The van der Waals surface area contributed by atoms with E-state index >= 15 is 0 Å². The standard InChI is InChI=1S/C15H21ClN2O2/c1-18(15(19)12-3-2-8-17-11-12)9-10-20-14-6-4-13(16)5-7-14/h4-7,12,17H,2-3,8-11H2,1H3. The number of amides is 1. The SMILES string of the molecule is CN(CCOc1ccc(Cl)cc1)C(=O)C1CCCNC1. The largest absolute Gasteiger partial charge is 0.492 e. The number of likely N-dealkylation sites (N-methyl/N-ethyl adjacent to an activating group) is 1. The number of nitrogens with one attached hydrogen (secondary N) is 1. The van der Waals surface area contributed by atoms with E-state index in [0.29, 0.717) is 18.2 Å². The normalized spacial score (nSPS) is 18.6. The lowest BCUT2D eigenvalue weighted by Crippen LogP contribution is -2.42. The van der Waals surface area contributed by atoms with Crippen molar-refractivity contribution in [1.29, 1.82) is 0 Å². The summed E-state index contributed by atoms with van der Waals surface area (Å²) in [7, 11) is 1.84. The zero-order chi connectivity index (χ0) is 14.4. The van der Waals surface area contributed by atoms with Gasteiger partial charge in [0.05, 0.1) is 12.5 Å². The summed E-state index contributed by atoms with van der Waals surface area (Å²) in [5, 5.41) is 3.96. The Labute approximate surface area is 125 Å². The van der Waals surface area contributed by atoms with Crippen LogP contribution in [0.5, 0.6) is 5.75 Å². The average Bonchev–Trinajstić information content (AvgIpc) is 2.49. The molecule has 5 heteroatoms. The van der Waals surface area contributed by atoms with Crippen molar-refractivity contribution in [3.8, 4) is 5.75 Å². The molecule has 0 bridgehead atoms. The van der Waals surface area contributed by atoms with Gasteiger partial charge in [-0.15, -0.1) is 0 Å². The van der Waals surface area contributed by atoms with E-state index in [1.54, 1.807) is 17.0 Å². The molecule has 1 aromatic rings. The number of piperidine rings is 1. The lowest BCUT2D eigenvalue weighted by molar-refractivity contribution is -0.135. The second kappa shape index (κ2) is 7.50. The summed E-state index contributed by atoms with van der Waals surface area (Å²) in [6, 6.07) is 7.24. The topological polar surface area (TPSA) is 41.6 Å². The highest BCUT2D eigenvalue weighted by Crippen LogP contribution is 2.16. The zero-order valence-corrected chi connectivity index (χ0v) is 12.5. The van der Waals surface area contributed by atoms with Gasteiger partial charge in [0.2, 0.25) is 5.91 Å². The quantitative estimate of drug-likeness (QED) is 0.905. The van der Waals surface area contributed by atoms with Crippen LogP contribution < -0.4 is 10.1 Å². The average molecular weight is 297 g/mol. The first kappa shape index (κ1) is 15.1. The molecule has 0 saturated carbocycles. The maximum Gasteiger partial charge on any atom is 0.226 e. The van der Waals surface area contributed by atoms with Crippen LogP contribution in [0.15, 0.2) is 24.3 Å². The van der Waals surface area contributed by atoms with E-state index in [2.05, 4.69) is 5.32 Å². The summed E-state index contributed by atoms with van der Waals surface area (Å²) in [5.74, 6) is 1.09. The first-order valence-electron chi connectivity index (χ1n) is 7.01. The summed E-state index contributed by atoms with van der Waals surface area (Å²) >= 11 is 5.81. The second-order valence-corrected chi connectivity index (χ2v) is 5.54. The lowest BCUT2D eigenvalue weighted by Gasteiger charge is -2.27. The van der Waals surface area contributed by atoms with Crippen LogP contribution in [0, 0.1) is 5.92 Å². The van der Waals surface area contributed by atoms with Crippen LogP contribution in [-0.4, -0.2) is 44.1 Å². The van der Waals surface area contributed by atoms with Crippen LogP contribution in [0.4, 0.5) is 0 Å². The molecular formula is C15H21ClN2O2. The van der Waals surface area contributed by atoms with Crippen LogP contribution in [0.2, 0.25) is 5.02 Å². The van der Waals surface area contributed by atoms with Gasteiger partial charge in [-0.1, -0.05) is 11.6 Å². The number of carbonyl (C=O) groups excluding carboxylic acids is 1. The number of carbonyl (C=O) groups is 1. The van der Waals surface area contributed by atoms with Gasteiger partial charge >= 0.3 is 0 Å². The molecule has 1 fully saturated rings. The van der Waals surface area contributed by atoms with Crippen LogP contribution >= 0.6 is 11.6 Å². The molecule has 1 heterocycles. The van der Waals surface area contributed by atoms with E-state index in [1.807, 2.05) is 19.2 Å². The molecule has 20 heavy (non-hydrogen) atoms. The van der Waals surface area contributed by atoms with Crippen molar-refractivity contribution in [3.05, 3.63) is 29.3 Å². The number of rotatable bonds is 5. The Morgan fingerprint density at radius 2 is 2.20 bits per heavy atom. The number of hydrogen-bond acceptors (Lipinski definition) is 3. The number of nitrogens with zero attached hydrogens (tertiary/aromatic N) is 1. The maximum atomic E-state index is 12.2. The molecule has 1 aliphatic rings. The first-order chi connectivity index (χ1) is 9.66. The molecule has 0 aliphatic carbocycles. The zero-order valence-electron chi connectivity index (χ0n) is 11.8. The Bertz CT molecular complexity index is 430. The third-order valence-corrected chi connectivity index (χ3v) is 3.78. The van der Waals surface area contributed by atoms with E-state index < -0.39 is 0 Å². The minimum atomic E-state index is 0.115. The number of benzene rings is 1. The molecule has 0 spiro atoms. The fourth-order valence-corrected chi connectivity index (χ4v) is 2.44. The molecule has 1 atom stereocenters. The van der Waals surface area contributed by atoms with E-state index in [4.69, 9.17) is 16.3 Å². The molecule has 1 unspecified atom stereocenters. The molecule has 110 valence electrons. The highest BCUT2D eigenvalue weighted by molar-refractivity contribution is 6.30. The molecule has 0 aromatic heterocycles. The van der Waals surface area contributed by atoms with Crippen LogP contribution in [0.3, 0.4) is 0 Å². The molecule has 1 saturated heterocycles. The van der Waals surface area contributed by atoms with Crippen LogP contribution in [0.1, 0.15) is 12.8 Å². The van der Waals surface area contributed by atoms with E-state index in [1.165, 1.54) is 0 Å². The van der Waals surface area contributed by atoms with Gasteiger partial charge in [-0.05, 0) is 43.7 Å². The third-order valence-electron chi connectivity index (χ3n) is 3.53. The molecule has 0 radical (unpaired) electrons. The Kier molecular flexibility index (Phi) is 5.68. The molecule has 4 nitrogen and oxygen atoms in total. The van der Waals surface area contributed by atoms with Crippen molar-refractivity contribution in [2.24, 2.45) is 5.92 Å². The van der Waals surface area contributed by atoms with Crippen molar-refractivity contribution in [2.45, 2.75) is 12.8 Å². The maximum absolute atomic E-state index is 12.2. The van der Waals surface area contributed by atoms with Crippen molar-refractivity contribution in [2.75, 3.05) is 33.3 Å². The van der Waals surface area contributed by atoms with Gasteiger partial charge in [0.1, 0.15) is 12.4 Å². The molecule has 1 N–H and O–H groups in total. The van der Waals surface area contributed by atoms with Gasteiger partial charge < -0.3 is 15.0 Å². The van der Waals surface area contributed by atoms with E-state index in [9.17, 15) is 4.79 Å². The van der Waals surface area contributed by atoms with Crippen LogP contribution in [0.25, 0.3) is 0 Å². The van der Waals surface area contributed by atoms with Gasteiger partial charge in [0, 0.05) is 18.6 Å². The molecule has 1 aromatic carbocycles. The monoisotopic (exact) mass is 296 g/mol. The predicted octanol–water partition coefficient (Wildman–Crippen LogP) is 2.18. The highest BCUT2D eigenvalue weighted by Gasteiger charge is 2.23. The summed E-state index contributed by atoms with van der Waals surface area (Å²) < 4.78 is 5.60. The van der Waals surface area contributed by atoms with Gasteiger partial charge in [0.15, 0.2) is 0 Å². The van der Waals surface area contributed by atoms with Crippen molar-refractivity contribution >= 4 is 17.5 Å². The summed E-state index contributed by atoms with van der Waals surface area (Å²) in [6.45, 7) is 2.90. The van der Waals surface area contributed by atoms with E-state index in [-0.39, 0.29) is 11.8 Å². The second-order valence-electron chi connectivity index (χ2n) is 5.11. The number of ether oxygens (including phenoxy) is 1. The lowest BCUT2D eigenvalue weighted by atomic mass is 9.98. The predicted molar refractivity (Wildman–Crippen MR) is 80.2 cm³/mol. The summed E-state index contributed by atoms with van der Waals surface area (Å²) in [6.07, 6.45) is 2.06. The Morgan fingerprint density at radius 1 is 1.45 bits per heavy atom. The number of halogens is 1. The summed E-state index contributed by atoms with van der Waals surface area (Å²) in [4.78, 5) is 14.0. The minimum absolute atomic E-state index is 0.115. The van der Waals surface area contributed by atoms with Crippen LogP contribution in [-0.2, 0) is 4.79 Å². The smallest absolute Gasteiger partial charge is 0.226 e. The fourth-order valence-electron chi connectivity index (χ4n) is 2.32.